The number of hydrogen-bond acceptors (Lipinski definition) is 2. The Balaban J connectivity index is 1.66. The summed E-state index contributed by atoms with van der Waals surface area (Å²) >= 11 is 3.49. The highest BCUT2D eigenvalue weighted by atomic mass is 79.9. The van der Waals surface area contributed by atoms with Crippen LogP contribution >= 0.6 is 15.9 Å². The largest absolute Gasteiger partial charge is 0.466 e. The van der Waals surface area contributed by atoms with E-state index in [-0.39, 0.29) is 5.91 Å². The van der Waals surface area contributed by atoms with Crippen LogP contribution in [0.25, 0.3) is 10.9 Å². The molecule has 0 atom stereocenters. The van der Waals surface area contributed by atoms with Crippen LogP contribution in [0.3, 0.4) is 0 Å². The van der Waals surface area contributed by atoms with Crippen molar-refractivity contribution < 1.29 is 9.21 Å². The molecule has 2 heterocycles. The van der Waals surface area contributed by atoms with E-state index in [1.165, 1.54) is 10.9 Å². The molecule has 22 heavy (non-hydrogen) atoms. The number of furan rings is 1. The molecule has 0 radical (unpaired) electrons. The fourth-order valence-corrected chi connectivity index (χ4v) is 2.98. The average molecular weight is 361 g/mol. The Morgan fingerprint density at radius 3 is 2.86 bits per heavy atom. The number of halogens is 1. The summed E-state index contributed by atoms with van der Waals surface area (Å²) in [6.45, 7) is 4.23. The monoisotopic (exact) mass is 360 g/mol. The zero-order valence-corrected chi connectivity index (χ0v) is 14.1. The van der Waals surface area contributed by atoms with Gasteiger partial charge in [-0.3, -0.25) is 4.79 Å². The van der Waals surface area contributed by atoms with E-state index in [4.69, 9.17) is 4.42 Å². The van der Waals surface area contributed by atoms with Gasteiger partial charge in [-0.2, -0.15) is 0 Å². The molecule has 0 fully saturated rings. The molecule has 0 aliphatic rings. The van der Waals surface area contributed by atoms with E-state index >= 15 is 0 Å². The normalized spacial score (nSPS) is 11.0. The second kappa shape index (κ2) is 6.01. The predicted octanol–water partition coefficient (Wildman–Crippen LogP) is 4.11. The molecule has 4 nitrogen and oxygen atoms in total. The standard InChI is InChI=1S/C17H17BrN2O2/c1-10-7-14(11(2)22-10)17(21)19-6-5-12-9-20-16-4-3-13(18)8-15(12)16/h3-4,7-9,20H,5-6H2,1-2H3,(H,19,21). The van der Waals surface area contributed by atoms with Crippen LogP contribution in [0.5, 0.6) is 0 Å². The molecule has 0 unspecified atom stereocenters. The Kier molecular flexibility index (Phi) is 4.07. The average Bonchev–Trinajstić information content (AvgIpc) is 3.02. The van der Waals surface area contributed by atoms with Crippen LogP contribution in [-0.2, 0) is 6.42 Å². The van der Waals surface area contributed by atoms with E-state index in [1.54, 1.807) is 13.0 Å². The first-order chi connectivity index (χ1) is 10.5. The second-order valence-electron chi connectivity index (χ2n) is 5.34. The van der Waals surface area contributed by atoms with Gasteiger partial charge >= 0.3 is 0 Å². The van der Waals surface area contributed by atoms with Crippen molar-refractivity contribution in [3.05, 3.63) is 57.6 Å². The Morgan fingerprint density at radius 2 is 2.14 bits per heavy atom. The number of aromatic nitrogens is 1. The highest BCUT2D eigenvalue weighted by molar-refractivity contribution is 9.10. The number of carbonyl (C=O) groups is 1. The van der Waals surface area contributed by atoms with E-state index in [1.807, 2.05) is 25.3 Å². The summed E-state index contributed by atoms with van der Waals surface area (Å²) in [4.78, 5) is 15.4. The van der Waals surface area contributed by atoms with E-state index in [0.717, 1.165) is 22.2 Å². The lowest BCUT2D eigenvalue weighted by Crippen LogP contribution is -2.25. The molecule has 0 saturated carbocycles. The van der Waals surface area contributed by atoms with Crippen molar-refractivity contribution in [2.75, 3.05) is 6.54 Å². The van der Waals surface area contributed by atoms with Crippen molar-refractivity contribution >= 4 is 32.7 Å². The number of rotatable bonds is 4. The third-order valence-electron chi connectivity index (χ3n) is 3.69. The van der Waals surface area contributed by atoms with Gasteiger partial charge in [0.05, 0.1) is 5.56 Å². The molecule has 114 valence electrons. The number of amides is 1. The van der Waals surface area contributed by atoms with Gasteiger partial charge in [-0.25, -0.2) is 0 Å². The van der Waals surface area contributed by atoms with Crippen molar-refractivity contribution in [1.82, 2.24) is 10.3 Å². The van der Waals surface area contributed by atoms with Gasteiger partial charge in [0.1, 0.15) is 11.5 Å². The molecule has 2 aromatic heterocycles. The van der Waals surface area contributed by atoms with Crippen LogP contribution in [-0.4, -0.2) is 17.4 Å². The first-order valence-corrected chi connectivity index (χ1v) is 7.94. The fraction of sp³-hybridized carbons (Fsp3) is 0.235. The number of fused-ring (bicyclic) bond motifs is 1. The van der Waals surface area contributed by atoms with Gasteiger partial charge in [0.15, 0.2) is 0 Å². The van der Waals surface area contributed by atoms with Crippen LogP contribution in [0, 0.1) is 13.8 Å². The van der Waals surface area contributed by atoms with Gasteiger partial charge in [-0.1, -0.05) is 15.9 Å². The highest BCUT2D eigenvalue weighted by Gasteiger charge is 2.13. The maximum atomic E-state index is 12.1. The summed E-state index contributed by atoms with van der Waals surface area (Å²) in [6, 6.07) is 7.91. The Hall–Kier alpha value is -2.01. The van der Waals surface area contributed by atoms with Gasteiger partial charge < -0.3 is 14.7 Å². The number of H-pyrrole nitrogens is 1. The van der Waals surface area contributed by atoms with Crippen molar-refractivity contribution in [3.63, 3.8) is 0 Å². The SMILES string of the molecule is Cc1cc(C(=O)NCCc2c[nH]c3ccc(Br)cc23)c(C)o1. The van der Waals surface area contributed by atoms with E-state index in [0.29, 0.717) is 17.9 Å². The summed E-state index contributed by atoms with van der Waals surface area (Å²) < 4.78 is 6.44. The van der Waals surface area contributed by atoms with Crippen LogP contribution in [0.1, 0.15) is 27.4 Å². The zero-order chi connectivity index (χ0) is 15.7. The lowest BCUT2D eigenvalue weighted by atomic mass is 10.1. The molecule has 0 saturated heterocycles. The fourth-order valence-electron chi connectivity index (χ4n) is 2.62. The molecule has 1 aromatic carbocycles. The molecule has 0 aliphatic heterocycles. The zero-order valence-electron chi connectivity index (χ0n) is 12.5. The van der Waals surface area contributed by atoms with Crippen LogP contribution in [0.4, 0.5) is 0 Å². The molecule has 0 bridgehead atoms. The van der Waals surface area contributed by atoms with Crippen LogP contribution in [0.15, 0.2) is 39.4 Å². The number of benzene rings is 1. The lowest BCUT2D eigenvalue weighted by Gasteiger charge is -2.04. The Morgan fingerprint density at radius 1 is 1.32 bits per heavy atom. The maximum Gasteiger partial charge on any atom is 0.254 e. The molecule has 3 rings (SSSR count). The van der Waals surface area contributed by atoms with E-state index < -0.39 is 0 Å². The summed E-state index contributed by atoms with van der Waals surface area (Å²) in [5, 5.41) is 4.13. The molecular weight excluding hydrogens is 344 g/mol. The number of hydrogen-bond donors (Lipinski definition) is 2. The molecule has 0 spiro atoms. The highest BCUT2D eigenvalue weighted by Crippen LogP contribution is 2.23. The van der Waals surface area contributed by atoms with Crippen molar-refractivity contribution in [3.8, 4) is 0 Å². The number of nitrogens with one attached hydrogen (secondary N) is 2. The number of carbonyl (C=O) groups excluding carboxylic acids is 1. The minimum Gasteiger partial charge on any atom is -0.466 e. The van der Waals surface area contributed by atoms with Gasteiger partial charge in [-0.05, 0) is 50.1 Å². The first-order valence-electron chi connectivity index (χ1n) is 7.15. The summed E-state index contributed by atoms with van der Waals surface area (Å²) in [5.74, 6) is 1.32. The molecule has 5 heteroatoms. The first kappa shape index (κ1) is 14.9. The summed E-state index contributed by atoms with van der Waals surface area (Å²) in [5.41, 5.74) is 2.90. The molecule has 1 amide bonds. The van der Waals surface area contributed by atoms with Gasteiger partial charge in [0.25, 0.3) is 5.91 Å². The maximum absolute atomic E-state index is 12.1. The Bertz CT molecular complexity index is 832. The second-order valence-corrected chi connectivity index (χ2v) is 6.25. The molecule has 3 aromatic rings. The van der Waals surface area contributed by atoms with E-state index in [9.17, 15) is 4.79 Å². The molecular formula is C17H17BrN2O2. The van der Waals surface area contributed by atoms with Gasteiger partial charge in [0.2, 0.25) is 0 Å². The quantitative estimate of drug-likeness (QED) is 0.735. The smallest absolute Gasteiger partial charge is 0.254 e. The summed E-state index contributed by atoms with van der Waals surface area (Å²) in [7, 11) is 0. The number of aryl methyl sites for hydroxylation is 2. The van der Waals surface area contributed by atoms with E-state index in [2.05, 4.69) is 32.3 Å². The van der Waals surface area contributed by atoms with Crippen LogP contribution < -0.4 is 5.32 Å². The topological polar surface area (TPSA) is 58.0 Å². The van der Waals surface area contributed by atoms with Crippen molar-refractivity contribution in [2.24, 2.45) is 0 Å². The molecule has 0 aliphatic carbocycles. The summed E-state index contributed by atoms with van der Waals surface area (Å²) in [6.07, 6.45) is 2.77. The lowest BCUT2D eigenvalue weighted by molar-refractivity contribution is 0.0952. The number of aromatic amines is 1. The van der Waals surface area contributed by atoms with Crippen molar-refractivity contribution in [2.45, 2.75) is 20.3 Å². The minimum atomic E-state index is -0.0876. The van der Waals surface area contributed by atoms with Crippen molar-refractivity contribution in [1.29, 1.82) is 0 Å². The Labute approximate surface area is 137 Å². The minimum absolute atomic E-state index is 0.0876. The van der Waals surface area contributed by atoms with Gasteiger partial charge in [0, 0.05) is 28.1 Å². The third kappa shape index (κ3) is 2.95. The van der Waals surface area contributed by atoms with Crippen LogP contribution in [0.2, 0.25) is 0 Å². The predicted molar refractivity (Wildman–Crippen MR) is 90.2 cm³/mol. The van der Waals surface area contributed by atoms with Gasteiger partial charge in [-0.15, -0.1) is 0 Å². The molecule has 2 N–H and O–H groups in total. The third-order valence-corrected chi connectivity index (χ3v) is 4.19.